The fourth-order valence-corrected chi connectivity index (χ4v) is 10.2. The maximum absolute atomic E-state index is 5.53. The zero-order valence-electron chi connectivity index (χ0n) is 30.8. The number of benzene rings is 10. The number of aromatic nitrogens is 2. The predicted octanol–water partition coefficient (Wildman–Crippen LogP) is 15.3. The number of hydrogen-bond acceptors (Lipinski definition) is 3. The van der Waals surface area contributed by atoms with Gasteiger partial charge in [-0.15, -0.1) is 11.3 Å². The van der Waals surface area contributed by atoms with Crippen LogP contribution in [0, 0.1) is 0 Å². The molecule has 57 heavy (non-hydrogen) atoms. The third-order valence-corrected chi connectivity index (χ3v) is 12.9. The maximum atomic E-state index is 5.53. The monoisotopic (exact) mass is 740 g/mol. The Labute approximate surface area is 333 Å². The molecule has 0 saturated carbocycles. The third-order valence-electron chi connectivity index (χ3n) is 11.7. The van der Waals surface area contributed by atoms with Crippen molar-refractivity contribution in [1.82, 2.24) is 9.97 Å². The summed E-state index contributed by atoms with van der Waals surface area (Å²) in [4.78, 5) is 10.9. The van der Waals surface area contributed by atoms with Crippen molar-refractivity contribution in [1.29, 1.82) is 0 Å². The summed E-state index contributed by atoms with van der Waals surface area (Å²) in [6, 6.07) is 70.2. The molecule has 3 heteroatoms. The molecule has 0 aliphatic rings. The number of nitrogens with zero attached hydrogens (tertiary/aromatic N) is 2. The molecule has 2 aromatic heterocycles. The average molecular weight is 741 g/mol. The van der Waals surface area contributed by atoms with Crippen molar-refractivity contribution < 1.29 is 0 Å². The first-order valence-corrected chi connectivity index (χ1v) is 20.2. The molecule has 0 bridgehead atoms. The first kappa shape index (κ1) is 32.1. The Hall–Kier alpha value is -7.20. The maximum Gasteiger partial charge on any atom is 0.161 e. The second-order valence-electron chi connectivity index (χ2n) is 14.9. The molecule has 0 fully saturated rings. The minimum absolute atomic E-state index is 0.739. The van der Waals surface area contributed by atoms with Crippen molar-refractivity contribution in [3.63, 3.8) is 0 Å². The lowest BCUT2D eigenvalue weighted by atomic mass is 9.93. The van der Waals surface area contributed by atoms with E-state index >= 15 is 0 Å². The highest BCUT2D eigenvalue weighted by atomic mass is 32.1. The molecular weight excluding hydrogens is 709 g/mol. The minimum atomic E-state index is 0.739. The second kappa shape index (κ2) is 12.7. The smallest absolute Gasteiger partial charge is 0.161 e. The summed E-state index contributed by atoms with van der Waals surface area (Å²) in [5, 5.41) is 13.6. The van der Waals surface area contributed by atoms with Crippen LogP contribution in [0.25, 0.3) is 119 Å². The van der Waals surface area contributed by atoms with Gasteiger partial charge >= 0.3 is 0 Å². The molecule has 264 valence electrons. The highest BCUT2D eigenvalue weighted by Gasteiger charge is 2.19. The van der Waals surface area contributed by atoms with E-state index in [0.29, 0.717) is 0 Å². The molecule has 10 aromatic carbocycles. The quantitative estimate of drug-likeness (QED) is 0.168. The van der Waals surface area contributed by atoms with Crippen LogP contribution in [0.1, 0.15) is 0 Å². The Morgan fingerprint density at radius 2 is 0.895 bits per heavy atom. The molecular formula is C54H32N2S. The zero-order chi connectivity index (χ0) is 37.5. The molecule has 2 heterocycles. The molecule has 0 unspecified atom stereocenters. The van der Waals surface area contributed by atoms with E-state index in [9.17, 15) is 0 Å². The van der Waals surface area contributed by atoms with Crippen molar-refractivity contribution in [2.24, 2.45) is 0 Å². The van der Waals surface area contributed by atoms with Gasteiger partial charge in [0.1, 0.15) is 0 Å². The van der Waals surface area contributed by atoms with E-state index in [1.807, 2.05) is 11.3 Å². The first-order valence-electron chi connectivity index (χ1n) is 19.4. The van der Waals surface area contributed by atoms with Crippen LogP contribution in [-0.2, 0) is 0 Å². The zero-order valence-corrected chi connectivity index (χ0v) is 31.6. The molecule has 0 spiro atoms. The van der Waals surface area contributed by atoms with E-state index < -0.39 is 0 Å². The predicted molar refractivity (Wildman–Crippen MR) is 244 cm³/mol. The van der Waals surface area contributed by atoms with E-state index in [2.05, 4.69) is 194 Å². The van der Waals surface area contributed by atoms with Crippen molar-refractivity contribution >= 4 is 85.5 Å². The van der Waals surface area contributed by atoms with Crippen molar-refractivity contribution in [2.75, 3.05) is 0 Å². The number of hydrogen-bond donors (Lipinski definition) is 0. The van der Waals surface area contributed by atoms with Crippen LogP contribution >= 0.6 is 11.3 Å². The summed E-state index contributed by atoms with van der Waals surface area (Å²) in [5.74, 6) is 0.739. The SMILES string of the molecule is c1ccc(-c2ccc(-c3cccc(-c4nc(-c5cccc6c5sc5cc7c8ccccc8c8ccccc8c7cc56)nc5ccc6ccccc6c45)c3)cc2)cc1. The van der Waals surface area contributed by atoms with Crippen molar-refractivity contribution in [3.05, 3.63) is 194 Å². The van der Waals surface area contributed by atoms with Crippen LogP contribution < -0.4 is 0 Å². The Morgan fingerprint density at radius 3 is 1.65 bits per heavy atom. The first-order chi connectivity index (χ1) is 28.2. The van der Waals surface area contributed by atoms with Crippen LogP contribution in [0.2, 0.25) is 0 Å². The third kappa shape index (κ3) is 5.10. The number of fused-ring (bicyclic) bond motifs is 12. The number of rotatable bonds is 4. The fourth-order valence-electron chi connectivity index (χ4n) is 8.94. The molecule has 0 amide bonds. The lowest BCUT2D eigenvalue weighted by molar-refractivity contribution is 1.24. The lowest BCUT2D eigenvalue weighted by Gasteiger charge is -2.13. The van der Waals surface area contributed by atoms with E-state index in [1.165, 1.54) is 74.6 Å². The van der Waals surface area contributed by atoms with Crippen molar-refractivity contribution in [3.8, 4) is 44.9 Å². The lowest BCUT2D eigenvalue weighted by Crippen LogP contribution is -1.96. The summed E-state index contributed by atoms with van der Waals surface area (Å²) >= 11 is 1.84. The van der Waals surface area contributed by atoms with Crippen LogP contribution in [0.5, 0.6) is 0 Å². The van der Waals surface area contributed by atoms with Crippen LogP contribution in [0.15, 0.2) is 194 Å². The Morgan fingerprint density at radius 1 is 0.333 bits per heavy atom. The fraction of sp³-hybridized carbons (Fsp3) is 0. The summed E-state index contributed by atoms with van der Waals surface area (Å²) in [6.45, 7) is 0. The summed E-state index contributed by atoms with van der Waals surface area (Å²) in [5.41, 5.74) is 8.74. The Balaban J connectivity index is 1.07. The number of thiophene rings is 1. The molecule has 0 saturated heterocycles. The molecule has 0 radical (unpaired) electrons. The van der Waals surface area contributed by atoms with Gasteiger partial charge in [0.05, 0.1) is 11.2 Å². The van der Waals surface area contributed by atoms with Gasteiger partial charge in [0.2, 0.25) is 0 Å². The van der Waals surface area contributed by atoms with Crippen LogP contribution in [0.3, 0.4) is 0 Å². The molecule has 0 aliphatic carbocycles. The standard InChI is InChI=1S/C54H32N2S/c1-2-12-33(13-3-1)34-24-26-35(27-25-34)37-15-10-16-38(30-37)52-51-39-17-5-4-14-36(39)28-29-49(51)55-54(56-52)45-23-11-22-44-48-31-46-42-20-8-6-18-40(42)41-19-7-9-21-43(41)47(46)32-50(48)57-53(44)45/h1-32H. The van der Waals surface area contributed by atoms with Gasteiger partial charge in [0.15, 0.2) is 5.82 Å². The average Bonchev–Trinajstić information content (AvgIpc) is 3.66. The van der Waals surface area contributed by atoms with E-state index in [4.69, 9.17) is 9.97 Å². The van der Waals surface area contributed by atoms with E-state index in [1.54, 1.807) is 0 Å². The second-order valence-corrected chi connectivity index (χ2v) is 15.9. The Kier molecular flexibility index (Phi) is 7.13. The Bertz CT molecular complexity index is 3570. The highest BCUT2D eigenvalue weighted by Crippen LogP contribution is 2.45. The largest absolute Gasteiger partial charge is 0.228 e. The normalized spacial score (nSPS) is 11.9. The van der Waals surface area contributed by atoms with Crippen LogP contribution in [0.4, 0.5) is 0 Å². The van der Waals surface area contributed by atoms with Gasteiger partial charge in [0, 0.05) is 36.7 Å². The van der Waals surface area contributed by atoms with Gasteiger partial charge in [-0.3, -0.25) is 0 Å². The topological polar surface area (TPSA) is 25.8 Å². The van der Waals surface area contributed by atoms with Gasteiger partial charge in [-0.05, 0) is 95.7 Å². The summed E-state index contributed by atoms with van der Waals surface area (Å²) in [6.07, 6.45) is 0. The van der Waals surface area contributed by atoms with Gasteiger partial charge < -0.3 is 0 Å². The molecule has 12 aromatic rings. The van der Waals surface area contributed by atoms with Crippen LogP contribution in [-0.4, -0.2) is 9.97 Å². The van der Waals surface area contributed by atoms with Gasteiger partial charge in [-0.1, -0.05) is 164 Å². The minimum Gasteiger partial charge on any atom is -0.228 e. The van der Waals surface area contributed by atoms with Crippen molar-refractivity contribution in [2.45, 2.75) is 0 Å². The molecule has 12 rings (SSSR count). The highest BCUT2D eigenvalue weighted by molar-refractivity contribution is 7.26. The summed E-state index contributed by atoms with van der Waals surface area (Å²) < 4.78 is 2.47. The van der Waals surface area contributed by atoms with E-state index in [0.717, 1.165) is 44.5 Å². The molecule has 0 atom stereocenters. The molecule has 0 aliphatic heterocycles. The van der Waals surface area contributed by atoms with E-state index in [-0.39, 0.29) is 0 Å². The molecule has 2 nitrogen and oxygen atoms in total. The van der Waals surface area contributed by atoms with Gasteiger partial charge in [-0.25, -0.2) is 9.97 Å². The summed E-state index contributed by atoms with van der Waals surface area (Å²) in [7, 11) is 0. The van der Waals surface area contributed by atoms with Gasteiger partial charge in [0.25, 0.3) is 0 Å². The molecule has 0 N–H and O–H groups in total. The van der Waals surface area contributed by atoms with Gasteiger partial charge in [-0.2, -0.15) is 0 Å².